The van der Waals surface area contributed by atoms with Gasteiger partial charge in [0.05, 0.1) is 5.92 Å². The normalized spacial score (nSPS) is 26.7. The van der Waals surface area contributed by atoms with E-state index in [9.17, 15) is 4.79 Å². The van der Waals surface area contributed by atoms with Crippen LogP contribution in [0.3, 0.4) is 0 Å². The highest BCUT2D eigenvalue weighted by Crippen LogP contribution is 2.24. The molecule has 2 aliphatic heterocycles. The van der Waals surface area contributed by atoms with Crippen LogP contribution in [0.1, 0.15) is 31.2 Å². The lowest BCUT2D eigenvalue weighted by Crippen LogP contribution is -2.47. The maximum absolute atomic E-state index is 12.7. The number of carbonyl (C=O) groups excluding carboxylic acids is 1. The Hall–Kier alpha value is -1.35. The molecule has 0 radical (unpaired) electrons. The Morgan fingerprint density at radius 3 is 2.80 bits per heavy atom. The number of nitrogens with one attached hydrogen (secondary N) is 1. The SMILES string of the molecule is O=C(C1CCNC1)N1CCCCC1Cc1ccccc1. The first-order valence-electron chi connectivity index (χ1n) is 7.90. The quantitative estimate of drug-likeness (QED) is 0.915. The maximum Gasteiger partial charge on any atom is 0.227 e. The van der Waals surface area contributed by atoms with E-state index in [2.05, 4.69) is 40.5 Å². The third kappa shape index (κ3) is 3.04. The largest absolute Gasteiger partial charge is 0.339 e. The van der Waals surface area contributed by atoms with Crippen LogP contribution in [0.25, 0.3) is 0 Å². The first-order chi connectivity index (χ1) is 9.84. The smallest absolute Gasteiger partial charge is 0.227 e. The van der Waals surface area contributed by atoms with E-state index in [1.165, 1.54) is 12.0 Å². The zero-order valence-corrected chi connectivity index (χ0v) is 12.1. The summed E-state index contributed by atoms with van der Waals surface area (Å²) in [4.78, 5) is 14.9. The molecule has 2 fully saturated rings. The zero-order valence-electron chi connectivity index (χ0n) is 12.1. The van der Waals surface area contributed by atoms with Gasteiger partial charge in [-0.3, -0.25) is 4.79 Å². The third-order valence-electron chi connectivity index (χ3n) is 4.63. The highest BCUT2D eigenvalue weighted by molar-refractivity contribution is 5.79. The lowest BCUT2D eigenvalue weighted by Gasteiger charge is -2.37. The first-order valence-corrected chi connectivity index (χ1v) is 7.90. The van der Waals surface area contributed by atoms with Crippen LogP contribution in [-0.2, 0) is 11.2 Å². The Labute approximate surface area is 121 Å². The van der Waals surface area contributed by atoms with Crippen LogP contribution in [0.5, 0.6) is 0 Å². The Morgan fingerprint density at radius 2 is 2.05 bits per heavy atom. The molecule has 2 saturated heterocycles. The molecule has 0 bridgehead atoms. The summed E-state index contributed by atoms with van der Waals surface area (Å²) in [6.45, 7) is 2.81. The van der Waals surface area contributed by atoms with Gasteiger partial charge in [-0.05, 0) is 44.2 Å². The highest BCUT2D eigenvalue weighted by atomic mass is 16.2. The van der Waals surface area contributed by atoms with Crippen LogP contribution in [0.2, 0.25) is 0 Å². The summed E-state index contributed by atoms with van der Waals surface area (Å²) in [5.41, 5.74) is 1.35. The van der Waals surface area contributed by atoms with Gasteiger partial charge in [-0.25, -0.2) is 0 Å². The van der Waals surface area contributed by atoms with Crippen molar-refractivity contribution >= 4 is 5.91 Å². The summed E-state index contributed by atoms with van der Waals surface area (Å²) in [6.07, 6.45) is 5.59. The Balaban J connectivity index is 1.68. The van der Waals surface area contributed by atoms with Gasteiger partial charge in [0, 0.05) is 19.1 Å². The van der Waals surface area contributed by atoms with Gasteiger partial charge in [0.25, 0.3) is 0 Å². The van der Waals surface area contributed by atoms with Gasteiger partial charge in [0.2, 0.25) is 5.91 Å². The number of carbonyl (C=O) groups is 1. The van der Waals surface area contributed by atoms with E-state index in [4.69, 9.17) is 0 Å². The number of hydrogen-bond donors (Lipinski definition) is 1. The van der Waals surface area contributed by atoms with Crippen molar-refractivity contribution in [3.8, 4) is 0 Å². The van der Waals surface area contributed by atoms with Crippen LogP contribution < -0.4 is 5.32 Å². The molecule has 2 unspecified atom stereocenters. The molecule has 3 nitrogen and oxygen atoms in total. The van der Waals surface area contributed by atoms with E-state index >= 15 is 0 Å². The minimum Gasteiger partial charge on any atom is -0.339 e. The molecule has 108 valence electrons. The highest BCUT2D eigenvalue weighted by Gasteiger charge is 2.32. The van der Waals surface area contributed by atoms with Gasteiger partial charge >= 0.3 is 0 Å². The molecule has 2 aliphatic rings. The molecule has 0 aromatic heterocycles. The van der Waals surface area contributed by atoms with Crippen molar-refractivity contribution in [1.29, 1.82) is 0 Å². The summed E-state index contributed by atoms with van der Waals surface area (Å²) in [6, 6.07) is 11.0. The van der Waals surface area contributed by atoms with Crippen molar-refractivity contribution < 1.29 is 4.79 Å². The maximum atomic E-state index is 12.7. The van der Waals surface area contributed by atoms with Crippen LogP contribution in [-0.4, -0.2) is 36.5 Å². The van der Waals surface area contributed by atoms with Crippen LogP contribution in [0, 0.1) is 5.92 Å². The fourth-order valence-electron chi connectivity index (χ4n) is 3.49. The van der Waals surface area contributed by atoms with Crippen molar-refractivity contribution in [3.63, 3.8) is 0 Å². The Kier molecular flexibility index (Phi) is 4.36. The molecule has 20 heavy (non-hydrogen) atoms. The molecule has 1 aromatic rings. The lowest BCUT2D eigenvalue weighted by molar-refractivity contribution is -0.138. The third-order valence-corrected chi connectivity index (χ3v) is 4.63. The topological polar surface area (TPSA) is 32.3 Å². The zero-order chi connectivity index (χ0) is 13.8. The molecule has 1 aromatic carbocycles. The number of piperidine rings is 1. The standard InChI is InChI=1S/C17H24N2O/c20-17(15-9-10-18-13-15)19-11-5-4-8-16(19)12-14-6-2-1-3-7-14/h1-3,6-7,15-16,18H,4-5,8-13H2. The van der Waals surface area contributed by atoms with Crippen LogP contribution >= 0.6 is 0 Å². The predicted octanol–water partition coefficient (Wildman–Crippen LogP) is 2.22. The average Bonchev–Trinajstić information content (AvgIpc) is 3.02. The monoisotopic (exact) mass is 272 g/mol. The first kappa shape index (κ1) is 13.6. The van der Waals surface area contributed by atoms with Gasteiger partial charge in [0.1, 0.15) is 0 Å². The van der Waals surface area contributed by atoms with Gasteiger partial charge in [-0.15, -0.1) is 0 Å². The summed E-state index contributed by atoms with van der Waals surface area (Å²) in [5.74, 6) is 0.599. The number of likely N-dealkylation sites (tertiary alicyclic amines) is 1. The second kappa shape index (κ2) is 6.40. The fraction of sp³-hybridized carbons (Fsp3) is 0.588. The second-order valence-electron chi connectivity index (χ2n) is 6.06. The predicted molar refractivity (Wildman–Crippen MR) is 80.5 cm³/mol. The fourth-order valence-corrected chi connectivity index (χ4v) is 3.49. The van der Waals surface area contributed by atoms with E-state index in [0.29, 0.717) is 11.9 Å². The van der Waals surface area contributed by atoms with E-state index in [0.717, 1.165) is 45.3 Å². The van der Waals surface area contributed by atoms with Gasteiger partial charge < -0.3 is 10.2 Å². The number of rotatable bonds is 3. The summed E-state index contributed by atoms with van der Waals surface area (Å²) in [5, 5.41) is 3.31. The average molecular weight is 272 g/mol. The van der Waals surface area contributed by atoms with Crippen molar-refractivity contribution in [3.05, 3.63) is 35.9 Å². The van der Waals surface area contributed by atoms with Gasteiger partial charge in [0.15, 0.2) is 0 Å². The summed E-state index contributed by atoms with van der Waals surface area (Å²) >= 11 is 0. The Bertz CT molecular complexity index is 440. The van der Waals surface area contributed by atoms with Crippen LogP contribution in [0.15, 0.2) is 30.3 Å². The molecule has 2 heterocycles. The summed E-state index contributed by atoms with van der Waals surface area (Å²) < 4.78 is 0. The molecular formula is C17H24N2O. The molecule has 3 rings (SSSR count). The second-order valence-corrected chi connectivity index (χ2v) is 6.06. The molecule has 2 atom stereocenters. The van der Waals surface area contributed by atoms with Gasteiger partial charge in [-0.1, -0.05) is 30.3 Å². The van der Waals surface area contributed by atoms with E-state index < -0.39 is 0 Å². The number of benzene rings is 1. The van der Waals surface area contributed by atoms with Crippen LogP contribution in [0.4, 0.5) is 0 Å². The van der Waals surface area contributed by atoms with Crippen molar-refractivity contribution in [2.45, 2.75) is 38.1 Å². The minimum absolute atomic E-state index is 0.214. The van der Waals surface area contributed by atoms with E-state index in [1.807, 2.05) is 0 Å². The number of hydrogen-bond acceptors (Lipinski definition) is 2. The molecule has 3 heteroatoms. The Morgan fingerprint density at radius 1 is 1.20 bits per heavy atom. The van der Waals surface area contributed by atoms with Gasteiger partial charge in [-0.2, -0.15) is 0 Å². The van der Waals surface area contributed by atoms with Crippen molar-refractivity contribution in [2.75, 3.05) is 19.6 Å². The lowest BCUT2D eigenvalue weighted by atomic mass is 9.93. The molecule has 0 spiro atoms. The molecular weight excluding hydrogens is 248 g/mol. The minimum atomic E-state index is 0.214. The summed E-state index contributed by atoms with van der Waals surface area (Å²) in [7, 11) is 0. The van der Waals surface area contributed by atoms with Crippen molar-refractivity contribution in [2.24, 2.45) is 5.92 Å². The van der Waals surface area contributed by atoms with Crippen molar-refractivity contribution in [1.82, 2.24) is 10.2 Å². The molecule has 0 aliphatic carbocycles. The van der Waals surface area contributed by atoms with E-state index in [-0.39, 0.29) is 5.92 Å². The molecule has 0 saturated carbocycles. The van der Waals surface area contributed by atoms with E-state index in [1.54, 1.807) is 0 Å². The molecule has 1 amide bonds. The number of nitrogens with zero attached hydrogens (tertiary/aromatic N) is 1. The molecule has 1 N–H and O–H groups in total. The number of amides is 1.